The Bertz CT molecular complexity index is 965. The number of carbonyl (C=O) groups excluding carboxylic acids is 1. The molecule has 150 valence electrons. The van der Waals surface area contributed by atoms with Gasteiger partial charge >= 0.3 is 0 Å². The van der Waals surface area contributed by atoms with Gasteiger partial charge in [-0.05, 0) is 29.8 Å². The quantitative estimate of drug-likeness (QED) is 0.666. The number of amides is 1. The van der Waals surface area contributed by atoms with Crippen LogP contribution >= 0.6 is 22.9 Å². The summed E-state index contributed by atoms with van der Waals surface area (Å²) in [5.41, 5.74) is 3.90. The minimum Gasteiger partial charge on any atom is -0.347 e. The number of anilines is 1. The van der Waals surface area contributed by atoms with E-state index in [1.54, 1.807) is 11.3 Å². The summed E-state index contributed by atoms with van der Waals surface area (Å²) in [4.78, 5) is 21.4. The Morgan fingerprint density at radius 2 is 1.83 bits per heavy atom. The van der Waals surface area contributed by atoms with Crippen LogP contribution in [0.3, 0.4) is 0 Å². The molecular weight excluding hydrogens is 404 g/mol. The fraction of sp³-hybridized carbons (Fsp3) is 0.273. The highest BCUT2D eigenvalue weighted by atomic mass is 35.5. The molecule has 0 aliphatic carbocycles. The second-order valence-corrected chi connectivity index (χ2v) is 8.39. The molecule has 0 saturated carbocycles. The van der Waals surface area contributed by atoms with E-state index in [0.29, 0.717) is 0 Å². The van der Waals surface area contributed by atoms with E-state index < -0.39 is 0 Å². The molecule has 1 aliphatic rings. The molecule has 0 atom stereocenters. The first-order valence-corrected chi connectivity index (χ1v) is 10.9. The Kier molecular flexibility index (Phi) is 6.13. The molecule has 4 rings (SSSR count). The Hall–Kier alpha value is -2.41. The largest absolute Gasteiger partial charge is 0.347 e. The van der Waals surface area contributed by atoms with Gasteiger partial charge in [0.25, 0.3) is 5.91 Å². The molecule has 0 unspecified atom stereocenters. The zero-order valence-corrected chi connectivity index (χ0v) is 17.8. The lowest BCUT2D eigenvalue weighted by molar-refractivity contribution is 0.0736. The molecule has 0 spiro atoms. The van der Waals surface area contributed by atoms with Gasteiger partial charge in [-0.2, -0.15) is 0 Å². The number of nitrogens with zero attached hydrogens (tertiary/aromatic N) is 3. The number of carbonyl (C=O) groups is 1. The first kappa shape index (κ1) is 19.9. The molecule has 0 radical (unpaired) electrons. The van der Waals surface area contributed by atoms with Gasteiger partial charge in [-0.25, -0.2) is 4.98 Å². The Labute approximate surface area is 179 Å². The number of halogens is 1. The standard InChI is InChI=1S/C22H23ClN4OS/c1-26(22-25-20(15-29-22)17-6-8-19(23)9-7-17)14-16-2-4-18(5-3-16)21(28)27-12-10-24-11-13-27/h2-9,15,24H,10-14H2,1H3. The summed E-state index contributed by atoms with van der Waals surface area (Å²) in [5, 5.41) is 7.01. The van der Waals surface area contributed by atoms with E-state index in [1.165, 1.54) is 0 Å². The van der Waals surface area contributed by atoms with Crippen LogP contribution in [0, 0.1) is 0 Å². The number of aromatic nitrogens is 1. The predicted molar refractivity (Wildman–Crippen MR) is 120 cm³/mol. The first-order valence-electron chi connectivity index (χ1n) is 9.62. The summed E-state index contributed by atoms with van der Waals surface area (Å²) in [5.74, 6) is 0.110. The minimum atomic E-state index is 0.110. The fourth-order valence-electron chi connectivity index (χ4n) is 3.34. The number of rotatable bonds is 5. The van der Waals surface area contributed by atoms with E-state index >= 15 is 0 Å². The van der Waals surface area contributed by atoms with Crippen molar-refractivity contribution >= 4 is 34.0 Å². The summed E-state index contributed by atoms with van der Waals surface area (Å²) in [6.45, 7) is 3.99. The van der Waals surface area contributed by atoms with Gasteiger partial charge in [0.2, 0.25) is 0 Å². The molecule has 3 aromatic rings. The van der Waals surface area contributed by atoms with Gasteiger partial charge in [0, 0.05) is 61.3 Å². The van der Waals surface area contributed by atoms with Crippen molar-refractivity contribution in [2.45, 2.75) is 6.54 Å². The van der Waals surface area contributed by atoms with Crippen LogP contribution in [0.2, 0.25) is 5.02 Å². The monoisotopic (exact) mass is 426 g/mol. The molecule has 1 amide bonds. The van der Waals surface area contributed by atoms with Crippen molar-refractivity contribution in [2.75, 3.05) is 38.1 Å². The van der Waals surface area contributed by atoms with Gasteiger partial charge in [0.15, 0.2) is 5.13 Å². The molecule has 1 N–H and O–H groups in total. The molecule has 1 aliphatic heterocycles. The van der Waals surface area contributed by atoms with Crippen molar-refractivity contribution in [3.8, 4) is 11.3 Å². The maximum atomic E-state index is 12.6. The molecule has 2 aromatic carbocycles. The van der Waals surface area contributed by atoms with Crippen LogP contribution in [0.15, 0.2) is 53.9 Å². The lowest BCUT2D eigenvalue weighted by Crippen LogP contribution is -2.46. The highest BCUT2D eigenvalue weighted by molar-refractivity contribution is 7.14. The van der Waals surface area contributed by atoms with Crippen LogP contribution in [0.25, 0.3) is 11.3 Å². The lowest BCUT2D eigenvalue weighted by atomic mass is 10.1. The Balaban J connectivity index is 1.40. The van der Waals surface area contributed by atoms with E-state index in [1.807, 2.05) is 60.5 Å². The van der Waals surface area contributed by atoms with Gasteiger partial charge in [-0.3, -0.25) is 4.79 Å². The Morgan fingerprint density at radius 1 is 1.14 bits per heavy atom. The normalized spacial score (nSPS) is 14.1. The van der Waals surface area contributed by atoms with Gasteiger partial charge in [-0.1, -0.05) is 35.9 Å². The predicted octanol–water partition coefficient (Wildman–Crippen LogP) is 4.15. The second kappa shape index (κ2) is 8.95. The smallest absolute Gasteiger partial charge is 0.253 e. The van der Waals surface area contributed by atoms with E-state index in [2.05, 4.69) is 15.6 Å². The highest BCUT2D eigenvalue weighted by Crippen LogP contribution is 2.28. The number of nitrogens with one attached hydrogen (secondary N) is 1. The topological polar surface area (TPSA) is 48.5 Å². The zero-order chi connectivity index (χ0) is 20.2. The van der Waals surface area contributed by atoms with E-state index in [4.69, 9.17) is 16.6 Å². The number of piperazine rings is 1. The second-order valence-electron chi connectivity index (χ2n) is 7.12. The van der Waals surface area contributed by atoms with E-state index in [-0.39, 0.29) is 5.91 Å². The van der Waals surface area contributed by atoms with Crippen LogP contribution in [0.5, 0.6) is 0 Å². The van der Waals surface area contributed by atoms with Crippen molar-refractivity contribution in [3.63, 3.8) is 0 Å². The third-order valence-electron chi connectivity index (χ3n) is 4.98. The van der Waals surface area contributed by atoms with E-state index in [9.17, 15) is 4.79 Å². The average Bonchev–Trinajstić information content (AvgIpc) is 3.25. The van der Waals surface area contributed by atoms with Crippen molar-refractivity contribution in [1.82, 2.24) is 15.2 Å². The number of hydrogen-bond donors (Lipinski definition) is 1. The maximum Gasteiger partial charge on any atom is 0.253 e. The highest BCUT2D eigenvalue weighted by Gasteiger charge is 2.18. The van der Waals surface area contributed by atoms with Gasteiger partial charge in [-0.15, -0.1) is 11.3 Å². The molecule has 1 fully saturated rings. The van der Waals surface area contributed by atoms with Gasteiger partial charge in [0.05, 0.1) is 5.69 Å². The SMILES string of the molecule is CN(Cc1ccc(C(=O)N2CCNCC2)cc1)c1nc(-c2ccc(Cl)cc2)cs1. The van der Waals surface area contributed by atoms with Crippen LogP contribution in [-0.2, 0) is 6.54 Å². The number of hydrogen-bond acceptors (Lipinski definition) is 5. The third-order valence-corrected chi connectivity index (χ3v) is 6.19. The number of benzene rings is 2. The molecule has 1 aromatic heterocycles. The van der Waals surface area contributed by atoms with Crippen LogP contribution < -0.4 is 10.2 Å². The van der Waals surface area contributed by atoms with Crippen LogP contribution in [0.1, 0.15) is 15.9 Å². The van der Waals surface area contributed by atoms with Crippen LogP contribution in [0.4, 0.5) is 5.13 Å². The molecule has 0 bridgehead atoms. The van der Waals surface area contributed by atoms with Crippen molar-refractivity contribution in [1.29, 1.82) is 0 Å². The summed E-state index contributed by atoms with van der Waals surface area (Å²) < 4.78 is 0. The molecule has 7 heteroatoms. The third kappa shape index (κ3) is 4.78. The molecule has 1 saturated heterocycles. The molecule has 2 heterocycles. The average molecular weight is 427 g/mol. The van der Waals surface area contributed by atoms with Gasteiger partial charge < -0.3 is 15.1 Å². The first-order chi connectivity index (χ1) is 14.1. The summed E-state index contributed by atoms with van der Waals surface area (Å²) in [6, 6.07) is 15.6. The maximum absolute atomic E-state index is 12.6. The molecule has 5 nitrogen and oxygen atoms in total. The van der Waals surface area contributed by atoms with Crippen molar-refractivity contribution in [2.24, 2.45) is 0 Å². The van der Waals surface area contributed by atoms with Crippen molar-refractivity contribution < 1.29 is 4.79 Å². The zero-order valence-electron chi connectivity index (χ0n) is 16.3. The van der Waals surface area contributed by atoms with Crippen LogP contribution in [-0.4, -0.2) is 49.0 Å². The summed E-state index contributed by atoms with van der Waals surface area (Å²) in [7, 11) is 2.03. The van der Waals surface area contributed by atoms with Crippen molar-refractivity contribution in [3.05, 3.63) is 70.1 Å². The summed E-state index contributed by atoms with van der Waals surface area (Å²) >= 11 is 7.59. The molecular formula is C22H23ClN4OS. The Morgan fingerprint density at radius 3 is 2.52 bits per heavy atom. The lowest BCUT2D eigenvalue weighted by Gasteiger charge is -2.27. The van der Waals surface area contributed by atoms with E-state index in [0.717, 1.165) is 65.3 Å². The van der Waals surface area contributed by atoms with Gasteiger partial charge in [0.1, 0.15) is 0 Å². The minimum absolute atomic E-state index is 0.110. The summed E-state index contributed by atoms with van der Waals surface area (Å²) in [6.07, 6.45) is 0. The fourth-order valence-corrected chi connectivity index (χ4v) is 4.26. The molecule has 29 heavy (non-hydrogen) atoms. The number of thiazole rings is 1.